The monoisotopic (exact) mass is 530 g/mol. The van der Waals surface area contributed by atoms with Crippen LogP contribution in [0.15, 0.2) is 147 Å². The first-order valence-electron chi connectivity index (χ1n) is 14.5. The van der Waals surface area contributed by atoms with Crippen molar-refractivity contribution in [3.63, 3.8) is 0 Å². The summed E-state index contributed by atoms with van der Waals surface area (Å²) in [5, 5.41) is 5.03. The van der Waals surface area contributed by atoms with Gasteiger partial charge in [0.15, 0.2) is 0 Å². The Hall–Kier alpha value is -5.46. The van der Waals surface area contributed by atoms with Gasteiger partial charge in [-0.2, -0.15) is 0 Å². The number of benzene rings is 7. The molecule has 2 aliphatic carbocycles. The molecule has 0 aliphatic heterocycles. The van der Waals surface area contributed by atoms with Gasteiger partial charge in [-0.15, -0.1) is 0 Å². The van der Waals surface area contributed by atoms with Gasteiger partial charge >= 0.3 is 0 Å². The van der Waals surface area contributed by atoms with Crippen LogP contribution in [0.1, 0.15) is 22.3 Å². The summed E-state index contributed by atoms with van der Waals surface area (Å²) in [6.07, 6.45) is 0. The van der Waals surface area contributed by atoms with Gasteiger partial charge in [-0.1, -0.05) is 122 Å². The van der Waals surface area contributed by atoms with Crippen molar-refractivity contribution >= 4 is 32.7 Å². The molecule has 2 aliphatic rings. The van der Waals surface area contributed by atoms with Gasteiger partial charge in [0.1, 0.15) is 0 Å². The number of fused-ring (bicyclic) bond motifs is 8. The molecule has 0 fully saturated rings. The molecule has 0 heterocycles. The smallest absolute Gasteiger partial charge is 0.00259 e. The van der Waals surface area contributed by atoms with Gasteiger partial charge in [-0.25, -0.2) is 0 Å². The van der Waals surface area contributed by atoms with Crippen LogP contribution in [-0.2, 0) is 0 Å². The molecule has 7 aromatic carbocycles. The van der Waals surface area contributed by atoms with E-state index in [-0.39, 0.29) is 0 Å². The average molecular weight is 531 g/mol. The van der Waals surface area contributed by atoms with Crippen LogP contribution >= 0.6 is 0 Å². The van der Waals surface area contributed by atoms with E-state index < -0.39 is 0 Å². The highest BCUT2D eigenvalue weighted by atomic mass is 14.3. The van der Waals surface area contributed by atoms with Crippen molar-refractivity contribution in [3.8, 4) is 44.5 Å². The Morgan fingerprint density at radius 2 is 0.595 bits per heavy atom. The molecule has 7 aromatic rings. The van der Waals surface area contributed by atoms with Crippen LogP contribution in [0.5, 0.6) is 0 Å². The second-order valence-corrected chi connectivity index (χ2v) is 11.4. The van der Waals surface area contributed by atoms with Gasteiger partial charge in [0.2, 0.25) is 0 Å². The summed E-state index contributed by atoms with van der Waals surface area (Å²) in [4.78, 5) is 0. The fourth-order valence-electron chi connectivity index (χ4n) is 7.35. The van der Waals surface area contributed by atoms with E-state index in [2.05, 4.69) is 147 Å². The summed E-state index contributed by atoms with van der Waals surface area (Å²) in [5.41, 5.74) is 17.1. The largest absolute Gasteiger partial charge is 0.0905 e. The van der Waals surface area contributed by atoms with Crippen LogP contribution in [0.25, 0.3) is 77.2 Å². The highest BCUT2D eigenvalue weighted by Crippen LogP contribution is 2.53. The molecule has 194 valence electrons. The van der Waals surface area contributed by atoms with Gasteiger partial charge in [-0.3, -0.25) is 0 Å². The SMILES string of the molecule is C=C1c2ccccc2-c2cc3c(-c4ccccc4)c4cc5c(cc4c(-c4ccccc4)c3cc21)-c1ccccc1C5=C. The van der Waals surface area contributed by atoms with Gasteiger partial charge in [0, 0.05) is 0 Å². The van der Waals surface area contributed by atoms with Crippen molar-refractivity contribution in [2.45, 2.75) is 0 Å². The van der Waals surface area contributed by atoms with Gasteiger partial charge < -0.3 is 0 Å². The standard InChI is InChI=1S/C42H26/c1-25-29-17-9-11-19-31(29)35-23-39-37(21-33(25)35)41(27-13-5-3-6-14-27)40-24-36-32-20-12-10-18-30(32)26(2)34(36)22-38(40)42(39)28-15-7-4-8-16-28/h3-24H,1-2H2. The Morgan fingerprint density at radius 3 is 0.976 bits per heavy atom. The topological polar surface area (TPSA) is 0 Å². The summed E-state index contributed by atoms with van der Waals surface area (Å²) >= 11 is 0. The van der Waals surface area contributed by atoms with Crippen LogP contribution in [0.4, 0.5) is 0 Å². The minimum Gasteiger partial charge on any atom is -0.0905 e. The molecule has 0 spiro atoms. The summed E-state index contributed by atoms with van der Waals surface area (Å²) in [5.74, 6) is 0. The molecule has 0 N–H and O–H groups in total. The van der Waals surface area contributed by atoms with Crippen LogP contribution in [0, 0.1) is 0 Å². The van der Waals surface area contributed by atoms with Crippen molar-refractivity contribution in [2.75, 3.05) is 0 Å². The van der Waals surface area contributed by atoms with Crippen LogP contribution in [-0.4, -0.2) is 0 Å². The minimum absolute atomic E-state index is 1.10. The van der Waals surface area contributed by atoms with Crippen LogP contribution in [0.3, 0.4) is 0 Å². The van der Waals surface area contributed by atoms with E-state index in [0.29, 0.717) is 0 Å². The lowest BCUT2D eigenvalue weighted by Gasteiger charge is -2.20. The maximum absolute atomic E-state index is 4.56. The normalized spacial score (nSPS) is 12.9. The fraction of sp³-hybridized carbons (Fsp3) is 0. The first-order chi connectivity index (χ1) is 20.7. The van der Waals surface area contributed by atoms with E-state index in [1.807, 2.05) is 0 Å². The predicted molar refractivity (Wildman–Crippen MR) is 179 cm³/mol. The lowest BCUT2D eigenvalue weighted by Crippen LogP contribution is -1.94. The quantitative estimate of drug-likeness (QED) is 0.195. The van der Waals surface area contributed by atoms with Crippen LogP contribution in [0.2, 0.25) is 0 Å². The Morgan fingerprint density at radius 1 is 0.286 bits per heavy atom. The highest BCUT2D eigenvalue weighted by molar-refractivity contribution is 6.25. The molecular formula is C42H26. The number of hydrogen-bond donors (Lipinski definition) is 0. The zero-order valence-corrected chi connectivity index (χ0v) is 23.1. The first-order valence-corrected chi connectivity index (χ1v) is 14.5. The molecule has 9 rings (SSSR count). The zero-order chi connectivity index (χ0) is 27.9. The molecule has 0 radical (unpaired) electrons. The van der Waals surface area contributed by atoms with E-state index in [4.69, 9.17) is 0 Å². The molecule has 0 heteroatoms. The molecule has 0 unspecified atom stereocenters. The minimum atomic E-state index is 1.10. The maximum atomic E-state index is 4.56. The Labute approximate surface area is 245 Å². The molecule has 0 bridgehead atoms. The summed E-state index contributed by atoms with van der Waals surface area (Å²) in [6, 6.07) is 48.7. The van der Waals surface area contributed by atoms with Gasteiger partial charge in [-0.05, 0) is 124 Å². The third-order valence-electron chi connectivity index (χ3n) is 9.25. The van der Waals surface area contributed by atoms with E-state index in [1.54, 1.807) is 0 Å². The van der Waals surface area contributed by atoms with Crippen molar-refractivity contribution in [2.24, 2.45) is 0 Å². The molecule has 42 heavy (non-hydrogen) atoms. The van der Waals surface area contributed by atoms with Crippen molar-refractivity contribution < 1.29 is 0 Å². The molecule has 0 saturated heterocycles. The molecule has 0 saturated carbocycles. The second-order valence-electron chi connectivity index (χ2n) is 11.4. The Bertz CT molecular complexity index is 2130. The average Bonchev–Trinajstić information content (AvgIpc) is 3.48. The zero-order valence-electron chi connectivity index (χ0n) is 23.1. The van der Waals surface area contributed by atoms with E-state index in [1.165, 1.54) is 88.3 Å². The van der Waals surface area contributed by atoms with Crippen molar-refractivity contribution in [1.82, 2.24) is 0 Å². The maximum Gasteiger partial charge on any atom is -0.00259 e. The number of hydrogen-bond acceptors (Lipinski definition) is 0. The van der Waals surface area contributed by atoms with Crippen molar-refractivity contribution in [1.29, 1.82) is 0 Å². The lowest BCUT2D eigenvalue weighted by molar-refractivity contribution is 1.63. The first kappa shape index (κ1) is 23.3. The Balaban J connectivity index is 1.51. The fourth-order valence-corrected chi connectivity index (χ4v) is 7.35. The van der Waals surface area contributed by atoms with Gasteiger partial charge in [0.25, 0.3) is 0 Å². The number of rotatable bonds is 2. The van der Waals surface area contributed by atoms with Gasteiger partial charge in [0.05, 0.1) is 0 Å². The second kappa shape index (κ2) is 8.52. The third-order valence-corrected chi connectivity index (χ3v) is 9.25. The summed E-state index contributed by atoms with van der Waals surface area (Å²) in [6.45, 7) is 9.12. The molecule has 0 aromatic heterocycles. The molecular weight excluding hydrogens is 504 g/mol. The Kier molecular flexibility index (Phi) is 4.72. The van der Waals surface area contributed by atoms with E-state index >= 15 is 0 Å². The van der Waals surface area contributed by atoms with E-state index in [0.717, 1.165) is 11.1 Å². The summed E-state index contributed by atoms with van der Waals surface area (Å²) in [7, 11) is 0. The highest BCUT2D eigenvalue weighted by Gasteiger charge is 2.28. The van der Waals surface area contributed by atoms with Crippen LogP contribution < -0.4 is 0 Å². The van der Waals surface area contributed by atoms with E-state index in [9.17, 15) is 0 Å². The summed E-state index contributed by atoms with van der Waals surface area (Å²) < 4.78 is 0. The molecule has 0 nitrogen and oxygen atoms in total. The lowest BCUT2D eigenvalue weighted by atomic mass is 9.82. The molecule has 0 atom stereocenters. The molecule has 0 amide bonds. The predicted octanol–water partition coefficient (Wildman–Crippen LogP) is 11.4. The van der Waals surface area contributed by atoms with Crippen molar-refractivity contribution in [3.05, 3.63) is 169 Å². The third kappa shape index (κ3) is 3.07.